The van der Waals surface area contributed by atoms with Gasteiger partial charge in [0.2, 0.25) is 5.60 Å². The Balaban J connectivity index is 2.20. The van der Waals surface area contributed by atoms with E-state index in [-0.39, 0.29) is 12.6 Å². The van der Waals surface area contributed by atoms with Crippen LogP contribution in [0.5, 0.6) is 5.75 Å². The van der Waals surface area contributed by atoms with Gasteiger partial charge in [-0.05, 0) is 26.8 Å². The topological polar surface area (TPSA) is 83.7 Å². The zero-order valence-electron chi connectivity index (χ0n) is 18.4. The molecule has 2 rings (SSSR count). The number of ether oxygens (including phenoxy) is 1. The fourth-order valence-electron chi connectivity index (χ4n) is 3.27. The van der Waals surface area contributed by atoms with Crippen LogP contribution in [0, 0.1) is 6.92 Å². The van der Waals surface area contributed by atoms with Crippen molar-refractivity contribution in [2.24, 2.45) is 12.0 Å². The van der Waals surface area contributed by atoms with E-state index >= 15 is 0 Å². The second-order valence-corrected chi connectivity index (χ2v) is 7.34. The fraction of sp³-hybridized carbons (Fsp3) is 0.524. The van der Waals surface area contributed by atoms with E-state index in [1.165, 1.54) is 19.4 Å². The Bertz CT molecular complexity index is 897. The molecule has 0 aliphatic carbocycles. The summed E-state index contributed by atoms with van der Waals surface area (Å²) in [4.78, 5) is 7.95. The first kappa shape index (κ1) is 24.5. The zero-order chi connectivity index (χ0) is 23.2. The molecule has 0 spiro atoms. The third kappa shape index (κ3) is 5.69. The van der Waals surface area contributed by atoms with Gasteiger partial charge >= 0.3 is 6.18 Å². The third-order valence-corrected chi connectivity index (χ3v) is 4.95. The van der Waals surface area contributed by atoms with E-state index in [4.69, 9.17) is 4.74 Å². The number of imidazole rings is 1. The zero-order valence-corrected chi connectivity index (χ0v) is 18.4. The van der Waals surface area contributed by atoms with Gasteiger partial charge in [0.05, 0.1) is 13.2 Å². The molecule has 2 unspecified atom stereocenters. The van der Waals surface area contributed by atoms with Crippen molar-refractivity contribution in [3.8, 4) is 5.75 Å². The highest BCUT2D eigenvalue weighted by Gasteiger charge is 2.57. The van der Waals surface area contributed by atoms with Gasteiger partial charge in [-0.1, -0.05) is 17.7 Å². The Morgan fingerprint density at radius 1 is 1.35 bits per heavy atom. The smallest absolute Gasteiger partial charge is 0.424 e. The van der Waals surface area contributed by atoms with Crippen molar-refractivity contribution in [1.82, 2.24) is 20.2 Å². The van der Waals surface area contributed by atoms with Crippen LogP contribution in [0.15, 0.2) is 35.6 Å². The van der Waals surface area contributed by atoms with Crippen LogP contribution in [0.4, 0.5) is 13.2 Å². The summed E-state index contributed by atoms with van der Waals surface area (Å²) < 4.78 is 47.6. The molecule has 31 heavy (non-hydrogen) atoms. The lowest BCUT2D eigenvalue weighted by atomic mass is 9.98. The minimum Gasteiger partial charge on any atom is -0.496 e. The second-order valence-electron chi connectivity index (χ2n) is 7.34. The van der Waals surface area contributed by atoms with Crippen molar-refractivity contribution in [1.29, 1.82) is 0 Å². The monoisotopic (exact) mass is 441 g/mol. The van der Waals surface area contributed by atoms with Crippen LogP contribution >= 0.6 is 0 Å². The summed E-state index contributed by atoms with van der Waals surface area (Å²) >= 11 is 0. The lowest BCUT2D eigenvalue weighted by molar-refractivity contribution is -0.272. The molecular weight excluding hydrogens is 411 g/mol. The number of aryl methyl sites for hydroxylation is 2. The Morgan fingerprint density at radius 2 is 2.06 bits per heavy atom. The molecule has 0 aliphatic heterocycles. The first-order valence-electron chi connectivity index (χ1n) is 9.99. The Kier molecular flexibility index (Phi) is 7.94. The SMILES string of the molecule is CCNC(=NCCC(O)(c1nccn1C)C(F)(F)F)NC(C)c1cc(C)ccc1OC. The molecule has 0 amide bonds. The Morgan fingerprint density at radius 3 is 2.61 bits per heavy atom. The molecule has 10 heteroatoms. The lowest BCUT2D eigenvalue weighted by Gasteiger charge is -2.29. The molecule has 0 bridgehead atoms. The van der Waals surface area contributed by atoms with Crippen LogP contribution in [0.25, 0.3) is 0 Å². The van der Waals surface area contributed by atoms with Gasteiger partial charge in [-0.25, -0.2) is 4.98 Å². The molecule has 3 N–H and O–H groups in total. The summed E-state index contributed by atoms with van der Waals surface area (Å²) in [5, 5.41) is 16.7. The van der Waals surface area contributed by atoms with Crippen LogP contribution in [0.2, 0.25) is 0 Å². The van der Waals surface area contributed by atoms with Gasteiger partial charge in [-0.3, -0.25) is 4.99 Å². The summed E-state index contributed by atoms with van der Waals surface area (Å²) in [5.41, 5.74) is -1.15. The number of aliphatic hydroxyl groups is 1. The lowest BCUT2D eigenvalue weighted by Crippen LogP contribution is -2.45. The number of aromatic nitrogens is 2. The van der Waals surface area contributed by atoms with Gasteiger partial charge < -0.3 is 25.0 Å². The van der Waals surface area contributed by atoms with Gasteiger partial charge in [-0.2, -0.15) is 13.2 Å². The van der Waals surface area contributed by atoms with Crippen LogP contribution in [0.1, 0.15) is 43.3 Å². The number of hydrogen-bond acceptors (Lipinski definition) is 4. The van der Waals surface area contributed by atoms with Crippen molar-refractivity contribution >= 4 is 5.96 Å². The van der Waals surface area contributed by atoms with Gasteiger partial charge in [0, 0.05) is 44.5 Å². The van der Waals surface area contributed by atoms with E-state index in [1.54, 1.807) is 7.11 Å². The summed E-state index contributed by atoms with van der Waals surface area (Å²) in [6.07, 6.45) is -2.98. The molecule has 1 heterocycles. The molecule has 0 radical (unpaired) electrons. The van der Waals surface area contributed by atoms with Crippen molar-refractivity contribution in [3.63, 3.8) is 0 Å². The van der Waals surface area contributed by atoms with Crippen LogP contribution < -0.4 is 15.4 Å². The van der Waals surface area contributed by atoms with Crippen LogP contribution in [-0.4, -0.2) is 47.0 Å². The number of nitrogens with zero attached hydrogens (tertiary/aromatic N) is 3. The average molecular weight is 441 g/mol. The number of nitrogens with one attached hydrogen (secondary N) is 2. The number of guanidine groups is 1. The molecule has 7 nitrogen and oxygen atoms in total. The highest BCUT2D eigenvalue weighted by molar-refractivity contribution is 5.80. The van der Waals surface area contributed by atoms with E-state index in [0.29, 0.717) is 18.3 Å². The molecule has 1 aromatic heterocycles. The number of methoxy groups -OCH3 is 1. The standard InChI is InChI=1S/C21H30F3N5O2/c1-6-25-19(28-15(3)16-13-14(2)7-8-17(16)31-5)27-10-9-20(30,21(22,23)24)18-26-11-12-29(18)4/h7-8,11-13,15,30H,6,9-10H2,1-5H3,(H2,25,27,28). The summed E-state index contributed by atoms with van der Waals surface area (Å²) in [6, 6.07) is 5.56. The molecule has 0 saturated carbocycles. The van der Waals surface area contributed by atoms with Crippen molar-refractivity contribution in [3.05, 3.63) is 47.5 Å². The van der Waals surface area contributed by atoms with Gasteiger partial charge in [0.25, 0.3) is 0 Å². The fourth-order valence-corrected chi connectivity index (χ4v) is 3.27. The first-order valence-corrected chi connectivity index (χ1v) is 9.99. The second kappa shape index (κ2) is 10.0. The number of alkyl halides is 3. The largest absolute Gasteiger partial charge is 0.496 e. The summed E-state index contributed by atoms with van der Waals surface area (Å²) in [7, 11) is 2.99. The predicted molar refractivity (Wildman–Crippen MR) is 113 cm³/mol. The maximum atomic E-state index is 13.7. The third-order valence-electron chi connectivity index (χ3n) is 4.95. The van der Waals surface area contributed by atoms with E-state index in [2.05, 4.69) is 20.6 Å². The quantitative estimate of drug-likeness (QED) is 0.433. The average Bonchev–Trinajstić information content (AvgIpc) is 3.13. The highest BCUT2D eigenvalue weighted by Crippen LogP contribution is 2.40. The van der Waals surface area contributed by atoms with Gasteiger partial charge in [0.1, 0.15) is 11.6 Å². The van der Waals surface area contributed by atoms with Crippen molar-refractivity contribution < 1.29 is 23.0 Å². The van der Waals surface area contributed by atoms with E-state index < -0.39 is 24.0 Å². The number of hydrogen-bond donors (Lipinski definition) is 3. The molecule has 0 saturated heterocycles. The van der Waals surface area contributed by atoms with Crippen molar-refractivity contribution in [2.75, 3.05) is 20.2 Å². The van der Waals surface area contributed by atoms with E-state index in [0.717, 1.165) is 15.7 Å². The number of aliphatic imine (C=N–C) groups is 1. The Hall–Kier alpha value is -2.75. The molecule has 0 aliphatic rings. The summed E-state index contributed by atoms with van der Waals surface area (Å²) in [5.74, 6) is 0.566. The number of benzene rings is 1. The molecule has 2 aromatic rings. The predicted octanol–water partition coefficient (Wildman–Crippen LogP) is 3.19. The normalized spacial score (nSPS) is 15.3. The van der Waals surface area contributed by atoms with E-state index in [9.17, 15) is 18.3 Å². The molecule has 1 aromatic carbocycles. The maximum absolute atomic E-state index is 13.7. The first-order chi connectivity index (χ1) is 14.5. The molecule has 0 fully saturated rings. The minimum absolute atomic E-state index is 0.219. The van der Waals surface area contributed by atoms with Crippen LogP contribution in [-0.2, 0) is 12.6 Å². The molecule has 172 valence electrons. The summed E-state index contributed by atoms with van der Waals surface area (Å²) in [6.45, 7) is 5.98. The van der Waals surface area contributed by atoms with Gasteiger partial charge in [0.15, 0.2) is 5.96 Å². The Labute approximate surface area is 180 Å². The number of rotatable bonds is 8. The van der Waals surface area contributed by atoms with E-state index in [1.807, 2.05) is 39.0 Å². The van der Waals surface area contributed by atoms with Crippen molar-refractivity contribution in [2.45, 2.75) is 45.0 Å². The maximum Gasteiger partial charge on any atom is 0.424 e. The minimum atomic E-state index is -4.89. The highest BCUT2D eigenvalue weighted by atomic mass is 19.4. The van der Waals surface area contributed by atoms with Crippen LogP contribution in [0.3, 0.4) is 0 Å². The number of halogens is 3. The molecule has 2 atom stereocenters. The van der Waals surface area contributed by atoms with Gasteiger partial charge in [-0.15, -0.1) is 0 Å². The molecular formula is C21H30F3N5O2.